The van der Waals surface area contributed by atoms with Crippen LogP contribution in [-0.2, 0) is 0 Å². The molecule has 1 unspecified atom stereocenters. The summed E-state index contributed by atoms with van der Waals surface area (Å²) in [7, 11) is 1.71. The molecule has 0 aliphatic rings. The molecule has 0 saturated carbocycles. The zero-order chi connectivity index (χ0) is 13.9. The standard InChI is InChI=1S/C14H20N2OS/c1-9(2)11-5-7-12(8-6-11)14(17)16(4)10(3)13(15)18/h5-10H,1-4H3,(H2,15,18). The zero-order valence-electron chi connectivity index (χ0n) is 11.3. The van der Waals surface area contributed by atoms with Gasteiger partial charge in [0.25, 0.3) is 5.91 Å². The molecule has 1 amide bonds. The molecule has 1 atom stereocenters. The minimum Gasteiger partial charge on any atom is -0.392 e. The van der Waals surface area contributed by atoms with Gasteiger partial charge in [-0.25, -0.2) is 0 Å². The average Bonchev–Trinajstić information content (AvgIpc) is 2.36. The molecule has 18 heavy (non-hydrogen) atoms. The third kappa shape index (κ3) is 3.29. The highest BCUT2D eigenvalue weighted by molar-refractivity contribution is 7.80. The van der Waals surface area contributed by atoms with Gasteiger partial charge in [-0.15, -0.1) is 0 Å². The first-order valence-corrected chi connectivity index (χ1v) is 6.41. The Hall–Kier alpha value is -1.42. The molecule has 1 rings (SSSR count). The molecule has 1 aromatic carbocycles. The summed E-state index contributed by atoms with van der Waals surface area (Å²) in [4.78, 5) is 14.1. The molecule has 1 aromatic rings. The summed E-state index contributed by atoms with van der Waals surface area (Å²) in [6, 6.07) is 7.42. The molecule has 0 fully saturated rings. The molecule has 0 aromatic heterocycles. The van der Waals surface area contributed by atoms with E-state index in [1.165, 1.54) is 5.56 Å². The molecule has 98 valence electrons. The zero-order valence-corrected chi connectivity index (χ0v) is 12.1. The third-order valence-electron chi connectivity index (χ3n) is 3.14. The molecule has 0 heterocycles. The monoisotopic (exact) mass is 264 g/mol. The van der Waals surface area contributed by atoms with Crippen LogP contribution in [0.5, 0.6) is 0 Å². The molecule has 0 bridgehead atoms. The fourth-order valence-corrected chi connectivity index (χ4v) is 1.74. The summed E-state index contributed by atoms with van der Waals surface area (Å²) >= 11 is 4.90. The molecule has 0 saturated heterocycles. The van der Waals surface area contributed by atoms with Crippen molar-refractivity contribution in [3.8, 4) is 0 Å². The van der Waals surface area contributed by atoms with Crippen LogP contribution in [0.2, 0.25) is 0 Å². The Labute approximate surface area is 114 Å². The lowest BCUT2D eigenvalue weighted by atomic mass is 10.0. The van der Waals surface area contributed by atoms with Crippen molar-refractivity contribution in [1.29, 1.82) is 0 Å². The Bertz CT molecular complexity index is 440. The van der Waals surface area contributed by atoms with Gasteiger partial charge in [-0.3, -0.25) is 4.79 Å². The summed E-state index contributed by atoms with van der Waals surface area (Å²) in [5, 5.41) is 0. The number of likely N-dealkylation sites (N-methyl/N-ethyl adjacent to an activating group) is 1. The predicted octanol–water partition coefficient (Wildman–Crippen LogP) is 2.56. The maximum atomic E-state index is 12.2. The fraction of sp³-hybridized carbons (Fsp3) is 0.429. The second-order valence-corrected chi connectivity index (χ2v) is 5.24. The first kappa shape index (κ1) is 14.6. The second kappa shape index (κ2) is 5.96. The van der Waals surface area contributed by atoms with Crippen molar-refractivity contribution in [2.24, 2.45) is 5.73 Å². The van der Waals surface area contributed by atoms with Crippen molar-refractivity contribution in [2.75, 3.05) is 7.05 Å². The normalized spacial score (nSPS) is 12.3. The number of nitrogens with two attached hydrogens (primary N) is 1. The number of rotatable bonds is 4. The van der Waals surface area contributed by atoms with Crippen molar-refractivity contribution in [3.63, 3.8) is 0 Å². The van der Waals surface area contributed by atoms with Crippen LogP contribution in [-0.4, -0.2) is 28.9 Å². The third-order valence-corrected chi connectivity index (χ3v) is 3.48. The predicted molar refractivity (Wildman–Crippen MR) is 78.9 cm³/mol. The van der Waals surface area contributed by atoms with Gasteiger partial charge in [0.2, 0.25) is 0 Å². The largest absolute Gasteiger partial charge is 0.392 e. The summed E-state index contributed by atoms with van der Waals surface area (Å²) in [6.07, 6.45) is 0. The number of nitrogens with zero attached hydrogens (tertiary/aromatic N) is 1. The molecule has 0 radical (unpaired) electrons. The lowest BCUT2D eigenvalue weighted by Crippen LogP contribution is -2.42. The van der Waals surface area contributed by atoms with E-state index in [-0.39, 0.29) is 11.9 Å². The van der Waals surface area contributed by atoms with Gasteiger partial charge in [-0.2, -0.15) is 0 Å². The van der Waals surface area contributed by atoms with Crippen molar-refractivity contribution in [3.05, 3.63) is 35.4 Å². The molecular weight excluding hydrogens is 244 g/mol. The van der Waals surface area contributed by atoms with E-state index in [4.69, 9.17) is 18.0 Å². The first-order chi connectivity index (χ1) is 8.34. The van der Waals surface area contributed by atoms with Crippen LogP contribution in [0.3, 0.4) is 0 Å². The van der Waals surface area contributed by atoms with E-state index in [2.05, 4.69) is 13.8 Å². The highest BCUT2D eigenvalue weighted by Crippen LogP contribution is 2.16. The quantitative estimate of drug-likeness (QED) is 0.850. The SMILES string of the molecule is CC(C)c1ccc(C(=O)N(C)C(C)C(N)=S)cc1. The van der Waals surface area contributed by atoms with Gasteiger partial charge in [-0.05, 0) is 30.5 Å². The summed E-state index contributed by atoms with van der Waals surface area (Å²) < 4.78 is 0. The topological polar surface area (TPSA) is 46.3 Å². The van der Waals surface area contributed by atoms with E-state index in [0.717, 1.165) is 0 Å². The molecule has 3 nitrogen and oxygen atoms in total. The maximum absolute atomic E-state index is 12.2. The van der Waals surface area contributed by atoms with Gasteiger partial charge in [0.15, 0.2) is 0 Å². The molecule has 4 heteroatoms. The Morgan fingerprint density at radius 3 is 2.11 bits per heavy atom. The average molecular weight is 264 g/mol. The van der Waals surface area contributed by atoms with Crippen LogP contribution in [0.4, 0.5) is 0 Å². The molecule has 0 aliphatic carbocycles. The lowest BCUT2D eigenvalue weighted by molar-refractivity contribution is 0.0779. The van der Waals surface area contributed by atoms with Gasteiger partial charge >= 0.3 is 0 Å². The number of hydrogen-bond acceptors (Lipinski definition) is 2. The smallest absolute Gasteiger partial charge is 0.254 e. The van der Waals surface area contributed by atoms with Crippen LogP contribution >= 0.6 is 12.2 Å². The van der Waals surface area contributed by atoms with E-state index < -0.39 is 0 Å². The fourth-order valence-electron chi connectivity index (χ4n) is 1.58. The van der Waals surface area contributed by atoms with Gasteiger partial charge in [0.05, 0.1) is 11.0 Å². The van der Waals surface area contributed by atoms with E-state index in [9.17, 15) is 4.79 Å². The number of hydrogen-bond donors (Lipinski definition) is 1. The van der Waals surface area contributed by atoms with E-state index >= 15 is 0 Å². The van der Waals surface area contributed by atoms with Gasteiger partial charge < -0.3 is 10.6 Å². The Morgan fingerprint density at radius 2 is 1.72 bits per heavy atom. The molecule has 0 spiro atoms. The van der Waals surface area contributed by atoms with E-state index in [1.807, 2.05) is 31.2 Å². The van der Waals surface area contributed by atoms with Gasteiger partial charge in [0, 0.05) is 12.6 Å². The van der Waals surface area contributed by atoms with Crippen LogP contribution in [0.1, 0.15) is 42.6 Å². The highest BCUT2D eigenvalue weighted by atomic mass is 32.1. The highest BCUT2D eigenvalue weighted by Gasteiger charge is 2.19. The van der Waals surface area contributed by atoms with E-state index in [1.54, 1.807) is 11.9 Å². The summed E-state index contributed by atoms with van der Waals surface area (Å²) in [5.41, 5.74) is 7.43. The number of thiocarbonyl (C=S) groups is 1. The number of carbonyl (C=O) groups excluding carboxylic acids is 1. The Balaban J connectivity index is 2.87. The van der Waals surface area contributed by atoms with Crippen LogP contribution < -0.4 is 5.73 Å². The van der Waals surface area contributed by atoms with Crippen molar-refractivity contribution in [2.45, 2.75) is 32.7 Å². The second-order valence-electron chi connectivity index (χ2n) is 4.77. The first-order valence-electron chi connectivity index (χ1n) is 6.01. The van der Waals surface area contributed by atoms with Gasteiger partial charge in [-0.1, -0.05) is 38.2 Å². The molecule has 0 aliphatic heterocycles. The van der Waals surface area contributed by atoms with E-state index in [0.29, 0.717) is 16.5 Å². The van der Waals surface area contributed by atoms with Crippen molar-refractivity contribution < 1.29 is 4.79 Å². The van der Waals surface area contributed by atoms with Crippen LogP contribution in [0, 0.1) is 0 Å². The molecule has 2 N–H and O–H groups in total. The number of amides is 1. The maximum Gasteiger partial charge on any atom is 0.254 e. The Kier molecular flexibility index (Phi) is 4.84. The molecular formula is C14H20N2OS. The van der Waals surface area contributed by atoms with Crippen molar-refractivity contribution >= 4 is 23.1 Å². The minimum atomic E-state index is -0.239. The Morgan fingerprint density at radius 1 is 1.22 bits per heavy atom. The van der Waals surface area contributed by atoms with Crippen LogP contribution in [0.15, 0.2) is 24.3 Å². The minimum absolute atomic E-state index is 0.0643. The van der Waals surface area contributed by atoms with Gasteiger partial charge in [0.1, 0.15) is 0 Å². The lowest BCUT2D eigenvalue weighted by Gasteiger charge is -2.24. The van der Waals surface area contributed by atoms with Crippen molar-refractivity contribution in [1.82, 2.24) is 4.90 Å². The van der Waals surface area contributed by atoms with Crippen LogP contribution in [0.25, 0.3) is 0 Å². The summed E-state index contributed by atoms with van der Waals surface area (Å²) in [5.74, 6) is 0.396. The number of benzene rings is 1. The summed E-state index contributed by atoms with van der Waals surface area (Å²) in [6.45, 7) is 6.07. The number of carbonyl (C=O) groups is 1.